The molecule has 1 amide bonds. The summed E-state index contributed by atoms with van der Waals surface area (Å²) in [6.07, 6.45) is 4.96. The second-order valence-corrected chi connectivity index (χ2v) is 4.69. The molecular formula is C15H19N3O2. The predicted molar refractivity (Wildman–Crippen MR) is 76.1 cm³/mol. The van der Waals surface area contributed by atoms with Crippen LogP contribution in [-0.2, 0) is 4.74 Å². The summed E-state index contributed by atoms with van der Waals surface area (Å²) in [6.45, 7) is 1.68. The molecule has 0 atom stereocenters. The fourth-order valence-corrected chi connectivity index (χ4v) is 2.26. The van der Waals surface area contributed by atoms with E-state index in [1.807, 2.05) is 7.05 Å². The number of hydrogen-bond donors (Lipinski definition) is 1. The van der Waals surface area contributed by atoms with Crippen LogP contribution in [0, 0.1) is 11.8 Å². The van der Waals surface area contributed by atoms with E-state index in [1.54, 1.807) is 23.4 Å². The number of pyridine rings is 1. The first-order chi connectivity index (χ1) is 9.74. The van der Waals surface area contributed by atoms with Gasteiger partial charge in [0.1, 0.15) is 0 Å². The van der Waals surface area contributed by atoms with Crippen LogP contribution in [0.15, 0.2) is 18.5 Å². The van der Waals surface area contributed by atoms with Crippen molar-refractivity contribution in [3.05, 3.63) is 29.6 Å². The molecule has 106 valence electrons. The Morgan fingerprint density at radius 2 is 2.30 bits per heavy atom. The molecule has 0 aromatic carbocycles. The van der Waals surface area contributed by atoms with Gasteiger partial charge < -0.3 is 15.4 Å². The van der Waals surface area contributed by atoms with Gasteiger partial charge in [0, 0.05) is 38.7 Å². The van der Waals surface area contributed by atoms with Gasteiger partial charge in [0.2, 0.25) is 0 Å². The Balaban J connectivity index is 2.19. The number of hydrogen-bond acceptors (Lipinski definition) is 4. The van der Waals surface area contributed by atoms with Crippen LogP contribution in [-0.4, -0.2) is 48.6 Å². The minimum atomic E-state index is -0.0272. The van der Waals surface area contributed by atoms with Gasteiger partial charge >= 0.3 is 0 Å². The molecule has 0 spiro atoms. The van der Waals surface area contributed by atoms with Crippen molar-refractivity contribution in [3.63, 3.8) is 0 Å². The summed E-state index contributed by atoms with van der Waals surface area (Å²) in [7, 11) is 1.83. The van der Waals surface area contributed by atoms with E-state index in [0.717, 1.165) is 12.8 Å². The molecule has 0 bridgehead atoms. The van der Waals surface area contributed by atoms with Gasteiger partial charge in [-0.25, -0.2) is 0 Å². The highest BCUT2D eigenvalue weighted by Crippen LogP contribution is 2.17. The number of carbonyl (C=O) groups excluding carboxylic acids is 1. The summed E-state index contributed by atoms with van der Waals surface area (Å²) in [5.74, 6) is 5.64. The molecule has 1 aromatic heterocycles. The van der Waals surface area contributed by atoms with E-state index in [2.05, 4.69) is 16.8 Å². The molecular weight excluding hydrogens is 254 g/mol. The van der Waals surface area contributed by atoms with Gasteiger partial charge in [0.15, 0.2) is 0 Å². The van der Waals surface area contributed by atoms with E-state index >= 15 is 0 Å². The molecule has 0 aliphatic carbocycles. The normalized spacial score (nSPS) is 15.3. The fraction of sp³-hybridized carbons (Fsp3) is 0.467. The van der Waals surface area contributed by atoms with E-state index < -0.39 is 0 Å². The summed E-state index contributed by atoms with van der Waals surface area (Å²) in [5, 5.41) is 0. The maximum Gasteiger partial charge on any atom is 0.255 e. The Morgan fingerprint density at radius 3 is 3.00 bits per heavy atom. The number of nitrogens with zero attached hydrogens (tertiary/aromatic N) is 2. The van der Waals surface area contributed by atoms with Crippen molar-refractivity contribution in [2.75, 3.05) is 26.8 Å². The Morgan fingerprint density at radius 1 is 1.55 bits per heavy atom. The Bertz CT molecular complexity index is 527. The first-order valence-electron chi connectivity index (χ1n) is 6.72. The van der Waals surface area contributed by atoms with Crippen LogP contribution < -0.4 is 5.73 Å². The predicted octanol–water partition coefficient (Wildman–Crippen LogP) is 0.643. The largest absolute Gasteiger partial charge is 0.381 e. The zero-order chi connectivity index (χ0) is 14.4. The van der Waals surface area contributed by atoms with Crippen LogP contribution in [0.2, 0.25) is 0 Å². The summed E-state index contributed by atoms with van der Waals surface area (Å²) >= 11 is 0. The average Bonchev–Trinajstić information content (AvgIpc) is 2.52. The van der Waals surface area contributed by atoms with Crippen LogP contribution in [0.1, 0.15) is 28.8 Å². The van der Waals surface area contributed by atoms with Gasteiger partial charge in [-0.05, 0) is 18.9 Å². The number of nitrogens with two attached hydrogens (primary N) is 1. The van der Waals surface area contributed by atoms with Crippen molar-refractivity contribution in [2.24, 2.45) is 5.73 Å². The molecule has 0 radical (unpaired) electrons. The number of ether oxygens (including phenoxy) is 1. The average molecular weight is 273 g/mol. The molecule has 5 nitrogen and oxygen atoms in total. The molecule has 2 N–H and O–H groups in total. The lowest BCUT2D eigenvalue weighted by molar-refractivity contribution is 0.0362. The maximum absolute atomic E-state index is 12.6. The lowest BCUT2D eigenvalue weighted by atomic mass is 10.0. The van der Waals surface area contributed by atoms with Crippen LogP contribution in [0.4, 0.5) is 0 Å². The summed E-state index contributed by atoms with van der Waals surface area (Å²) < 4.78 is 5.33. The maximum atomic E-state index is 12.6. The zero-order valence-electron chi connectivity index (χ0n) is 11.6. The van der Waals surface area contributed by atoms with Crippen LogP contribution >= 0.6 is 0 Å². The van der Waals surface area contributed by atoms with E-state index in [0.29, 0.717) is 24.3 Å². The number of amides is 1. The van der Waals surface area contributed by atoms with Crippen molar-refractivity contribution in [2.45, 2.75) is 18.9 Å². The third-order valence-electron chi connectivity index (χ3n) is 3.44. The first-order valence-corrected chi connectivity index (χ1v) is 6.72. The number of aromatic nitrogens is 1. The number of rotatable bonds is 2. The second kappa shape index (κ2) is 7.04. The van der Waals surface area contributed by atoms with Crippen molar-refractivity contribution < 1.29 is 9.53 Å². The molecule has 1 aliphatic heterocycles. The summed E-state index contributed by atoms with van der Waals surface area (Å²) in [4.78, 5) is 18.4. The first kappa shape index (κ1) is 14.5. The van der Waals surface area contributed by atoms with Gasteiger partial charge in [-0.3, -0.25) is 9.78 Å². The van der Waals surface area contributed by atoms with Crippen LogP contribution in [0.5, 0.6) is 0 Å². The van der Waals surface area contributed by atoms with Crippen molar-refractivity contribution in [3.8, 4) is 11.8 Å². The summed E-state index contributed by atoms with van der Waals surface area (Å²) in [6, 6.07) is 1.93. The topological polar surface area (TPSA) is 68.5 Å². The van der Waals surface area contributed by atoms with E-state index in [1.165, 1.54) is 0 Å². The van der Waals surface area contributed by atoms with Gasteiger partial charge in [-0.2, -0.15) is 0 Å². The fourth-order valence-electron chi connectivity index (χ4n) is 2.26. The molecule has 2 rings (SSSR count). The minimum Gasteiger partial charge on any atom is -0.381 e. The molecule has 0 unspecified atom stereocenters. The quantitative estimate of drug-likeness (QED) is 0.803. The minimum absolute atomic E-state index is 0.0272. The Hall–Kier alpha value is -1.90. The highest BCUT2D eigenvalue weighted by Gasteiger charge is 2.24. The van der Waals surface area contributed by atoms with Crippen molar-refractivity contribution in [1.29, 1.82) is 0 Å². The third-order valence-corrected chi connectivity index (χ3v) is 3.44. The van der Waals surface area contributed by atoms with Gasteiger partial charge in [-0.15, -0.1) is 0 Å². The Kier molecular flexibility index (Phi) is 5.10. The van der Waals surface area contributed by atoms with Crippen LogP contribution in [0.25, 0.3) is 0 Å². The molecule has 2 heterocycles. The van der Waals surface area contributed by atoms with Crippen LogP contribution in [0.3, 0.4) is 0 Å². The molecule has 20 heavy (non-hydrogen) atoms. The SMILES string of the molecule is CN(C(=O)c1ccncc1C#CCN)C1CCOCC1. The van der Waals surface area contributed by atoms with E-state index in [4.69, 9.17) is 10.5 Å². The standard InChI is InChI=1S/C15H19N3O2/c1-18(13-5-9-20-10-6-13)15(19)14-4-8-17-11-12(14)3-2-7-16/h4,8,11,13H,5-7,9-10,16H2,1H3. The van der Waals surface area contributed by atoms with Crippen molar-refractivity contribution >= 4 is 5.91 Å². The highest BCUT2D eigenvalue weighted by atomic mass is 16.5. The highest BCUT2D eigenvalue weighted by molar-refractivity contribution is 5.96. The monoisotopic (exact) mass is 273 g/mol. The molecule has 1 saturated heterocycles. The smallest absolute Gasteiger partial charge is 0.255 e. The van der Waals surface area contributed by atoms with Gasteiger partial charge in [-0.1, -0.05) is 11.8 Å². The lowest BCUT2D eigenvalue weighted by Gasteiger charge is -2.31. The van der Waals surface area contributed by atoms with E-state index in [9.17, 15) is 4.79 Å². The Labute approximate surface area is 119 Å². The van der Waals surface area contributed by atoms with Gasteiger partial charge in [0.05, 0.1) is 17.7 Å². The summed E-state index contributed by atoms with van der Waals surface area (Å²) in [5.41, 5.74) is 6.58. The molecule has 1 aliphatic rings. The molecule has 1 aromatic rings. The van der Waals surface area contributed by atoms with Gasteiger partial charge in [0.25, 0.3) is 5.91 Å². The second-order valence-electron chi connectivity index (χ2n) is 4.69. The van der Waals surface area contributed by atoms with E-state index in [-0.39, 0.29) is 18.5 Å². The van der Waals surface area contributed by atoms with Crippen molar-refractivity contribution in [1.82, 2.24) is 9.88 Å². The molecule has 5 heteroatoms. The third kappa shape index (κ3) is 3.35. The molecule has 0 saturated carbocycles. The number of carbonyl (C=O) groups is 1. The molecule has 1 fully saturated rings. The lowest BCUT2D eigenvalue weighted by Crippen LogP contribution is -2.40. The zero-order valence-corrected chi connectivity index (χ0v) is 11.6.